The van der Waals surface area contributed by atoms with Gasteiger partial charge >= 0.3 is 21.1 Å². The third-order valence-corrected chi connectivity index (χ3v) is 8.72. The van der Waals surface area contributed by atoms with E-state index >= 15 is 0 Å². The van der Waals surface area contributed by atoms with E-state index < -0.39 is 36.2 Å². The molecule has 0 aliphatic carbocycles. The average molecular weight is 995 g/mol. The van der Waals surface area contributed by atoms with Gasteiger partial charge in [-0.1, -0.05) is 19.8 Å². The number of nitrogens with zero attached hydrogens (tertiary/aromatic N) is 2. The second-order valence-corrected chi connectivity index (χ2v) is 13.2. The van der Waals surface area contributed by atoms with Gasteiger partial charge < -0.3 is 53.0 Å². The minimum Gasteiger partial charge on any atom is -0.668 e. The van der Waals surface area contributed by atoms with Gasteiger partial charge in [-0.3, -0.25) is 48.2 Å². The van der Waals surface area contributed by atoms with Crippen molar-refractivity contribution < 1.29 is 69.0 Å². The molecular formula is C37H66N10O10W. The van der Waals surface area contributed by atoms with Gasteiger partial charge in [-0.05, 0) is 51.4 Å². The summed E-state index contributed by atoms with van der Waals surface area (Å²) in [5.41, 5.74) is 13.6. The smallest absolute Gasteiger partial charge is 0.668 e. The molecule has 8 N–H and O–H groups in total. The van der Waals surface area contributed by atoms with E-state index in [-0.39, 0.29) is 94.8 Å². The molecule has 0 saturated carbocycles. The van der Waals surface area contributed by atoms with Crippen molar-refractivity contribution in [2.75, 3.05) is 68.0 Å². The Hall–Kier alpha value is -4.29. The molecule has 0 bridgehead atoms. The van der Waals surface area contributed by atoms with E-state index in [1.54, 1.807) is 11.8 Å². The number of ketones is 2. The van der Waals surface area contributed by atoms with Crippen molar-refractivity contribution >= 4 is 58.8 Å². The number of nitrogens with one attached hydrogen (secondary N) is 8. The number of carbonyl (C=O) groups is 10. The average Bonchev–Trinajstić information content (AvgIpc) is 3.17. The maximum Gasteiger partial charge on any atom is 2.00 e. The molecule has 0 aliphatic rings. The second kappa shape index (κ2) is 35.8. The fraction of sp³-hybridized carbons (Fsp3) is 0.730. The van der Waals surface area contributed by atoms with Crippen molar-refractivity contribution in [3.63, 3.8) is 0 Å². The van der Waals surface area contributed by atoms with Crippen LogP contribution in [0.15, 0.2) is 0 Å². The summed E-state index contributed by atoms with van der Waals surface area (Å²) in [7, 11) is 7.46. The van der Waals surface area contributed by atoms with E-state index in [0.29, 0.717) is 77.2 Å². The summed E-state index contributed by atoms with van der Waals surface area (Å²) >= 11 is 0. The molecule has 330 valence electrons. The van der Waals surface area contributed by atoms with Crippen LogP contribution in [0.3, 0.4) is 0 Å². The van der Waals surface area contributed by atoms with Crippen LogP contribution in [0, 0.1) is 0 Å². The van der Waals surface area contributed by atoms with E-state index in [0.717, 1.165) is 6.42 Å². The van der Waals surface area contributed by atoms with Crippen LogP contribution in [-0.4, -0.2) is 149 Å². The van der Waals surface area contributed by atoms with E-state index in [1.165, 1.54) is 40.1 Å². The van der Waals surface area contributed by atoms with Gasteiger partial charge in [0.05, 0.1) is 50.6 Å². The molecule has 0 heterocycles. The molecular weight excluding hydrogens is 928 g/mol. The number of Topliss-reactive ketones (excluding diaryl/α,β-unsaturated/α-hetero) is 2. The topological polar surface area (TPSA) is 297 Å². The van der Waals surface area contributed by atoms with Crippen molar-refractivity contribution in [1.82, 2.24) is 41.7 Å². The zero-order valence-electron chi connectivity index (χ0n) is 35.0. The Morgan fingerprint density at radius 2 is 0.897 bits per heavy atom. The zero-order valence-corrected chi connectivity index (χ0v) is 37.9. The van der Waals surface area contributed by atoms with Crippen LogP contribution in [0.25, 0.3) is 11.5 Å². The molecule has 0 radical (unpaired) electrons. The molecule has 0 spiro atoms. The summed E-state index contributed by atoms with van der Waals surface area (Å²) in [6.45, 7) is 1.85. The van der Waals surface area contributed by atoms with Crippen LogP contribution in [0.4, 0.5) is 0 Å². The van der Waals surface area contributed by atoms with Crippen LogP contribution in [0.2, 0.25) is 0 Å². The zero-order chi connectivity index (χ0) is 43.8. The van der Waals surface area contributed by atoms with Gasteiger partial charge in [0.25, 0.3) is 0 Å². The Kier molecular flexibility index (Phi) is 35.9. The molecule has 0 unspecified atom stereocenters. The fourth-order valence-corrected chi connectivity index (χ4v) is 5.44. The molecule has 0 aromatic heterocycles. The first-order chi connectivity index (χ1) is 27.0. The predicted molar refractivity (Wildman–Crippen MR) is 213 cm³/mol. The first-order valence-electron chi connectivity index (χ1n) is 19.3. The number of likely N-dealkylation sites (N-methyl/N-ethyl adjacent to an activating group) is 5. The molecule has 0 saturated heterocycles. The minimum atomic E-state index is -0.953. The van der Waals surface area contributed by atoms with Crippen molar-refractivity contribution in [3.05, 3.63) is 11.5 Å². The Bertz CT molecular complexity index is 1280. The molecule has 21 heteroatoms. The molecule has 0 rings (SSSR count). The molecule has 20 nitrogen and oxygen atoms in total. The van der Waals surface area contributed by atoms with Crippen molar-refractivity contribution in [2.24, 2.45) is 0 Å². The summed E-state index contributed by atoms with van der Waals surface area (Å²) in [4.78, 5) is 119. The number of hydrogen-bond acceptors (Lipinski definition) is 12. The maximum atomic E-state index is 12.4. The Labute approximate surface area is 356 Å². The van der Waals surface area contributed by atoms with Crippen molar-refractivity contribution in [1.29, 1.82) is 0 Å². The van der Waals surface area contributed by atoms with Gasteiger partial charge in [-0.15, -0.1) is 0 Å². The summed E-state index contributed by atoms with van der Waals surface area (Å²) in [5.74, 6) is -3.40. The third kappa shape index (κ3) is 29.9. The van der Waals surface area contributed by atoms with Gasteiger partial charge in [0, 0.05) is 67.0 Å². The second-order valence-electron chi connectivity index (χ2n) is 13.2. The Morgan fingerprint density at radius 1 is 0.483 bits per heavy atom. The molecule has 58 heavy (non-hydrogen) atoms. The number of unbranched alkanes of at least 4 members (excludes halogenated alkanes) is 4. The standard InChI is InChI=1S/C21H38N4O5.C16H30N6O5.W/c1-4-16(26)14-25(15-20(29)23-2)18(21(30)24-3)12-7-5-6-10-17(27)11-8-9-13-19(22)28;1-18-14(25)9-22(10-15(26)19-2)11(16(27)20-3)6-4-5-7-21-13(24)8-12(17)23;/h18H,4-15H2,1-3H3,(H4,22,23,24,28,29,30);11H,4-10H2,1-3H3,(H6,17,18,19,20,21,23,24,25,26,27);/q;;+2/p-2/t18-;11-;/m10./s1. The van der Waals surface area contributed by atoms with Crippen molar-refractivity contribution in [3.8, 4) is 0 Å². The van der Waals surface area contributed by atoms with Gasteiger partial charge in [0.2, 0.25) is 35.4 Å². The molecule has 0 aromatic carbocycles. The number of hydrogen-bond donors (Lipinski definition) is 6. The first kappa shape index (κ1) is 58.0. The van der Waals surface area contributed by atoms with E-state index in [1.807, 2.05) is 0 Å². The summed E-state index contributed by atoms with van der Waals surface area (Å²) in [6, 6.07) is -1.27. The molecule has 0 fully saturated rings. The largest absolute Gasteiger partial charge is 2.00 e. The van der Waals surface area contributed by atoms with Crippen LogP contribution in [-0.2, 0) is 69.0 Å². The van der Waals surface area contributed by atoms with Gasteiger partial charge in [-0.25, -0.2) is 0 Å². The van der Waals surface area contributed by atoms with E-state index in [2.05, 4.69) is 31.9 Å². The van der Waals surface area contributed by atoms with E-state index in [9.17, 15) is 47.9 Å². The van der Waals surface area contributed by atoms with Crippen LogP contribution in [0.5, 0.6) is 0 Å². The quantitative estimate of drug-likeness (QED) is 0.0393. The summed E-state index contributed by atoms with van der Waals surface area (Å²) in [5, 5.41) is 15.1. The Morgan fingerprint density at radius 3 is 1.29 bits per heavy atom. The minimum absolute atomic E-state index is 0. The third-order valence-electron chi connectivity index (χ3n) is 8.72. The molecule has 0 aromatic rings. The van der Waals surface area contributed by atoms with Gasteiger partial charge in [0.1, 0.15) is 11.6 Å². The van der Waals surface area contributed by atoms with Crippen LogP contribution < -0.4 is 31.9 Å². The number of rotatable bonds is 31. The molecule has 8 amide bonds. The van der Waals surface area contributed by atoms with Gasteiger partial charge in [0.15, 0.2) is 0 Å². The van der Waals surface area contributed by atoms with Crippen LogP contribution in [0.1, 0.15) is 96.8 Å². The maximum absolute atomic E-state index is 12.4. The first-order valence-corrected chi connectivity index (χ1v) is 19.3. The fourth-order valence-electron chi connectivity index (χ4n) is 5.44. The number of carbonyl (C=O) groups excluding carboxylic acids is 10. The molecule has 2 atom stereocenters. The van der Waals surface area contributed by atoms with Crippen LogP contribution >= 0.6 is 0 Å². The monoisotopic (exact) mass is 994 g/mol. The SMILES string of the molecule is CCC(=O)CN(CC(=O)NC)[C@H](CCCCCC(=O)CCCCC([NH-])=O)C(=O)NC.CNC(=O)CN(CC(=O)NC)[C@@H](CCCCNC(=O)CC([NH-])=O)C(=O)NC.[W+2]. The predicted octanol–water partition coefficient (Wildman–Crippen LogP) is -0.0652. The molecule has 0 aliphatic heterocycles. The Balaban J connectivity index is -0.00000103. The summed E-state index contributed by atoms with van der Waals surface area (Å²) in [6.07, 6.45) is 6.25. The summed E-state index contributed by atoms with van der Waals surface area (Å²) < 4.78 is 0. The number of amides is 8. The van der Waals surface area contributed by atoms with Gasteiger partial charge in [-0.2, -0.15) is 0 Å². The normalized spacial score (nSPS) is 11.4. The van der Waals surface area contributed by atoms with Crippen molar-refractivity contribution in [2.45, 2.75) is 109 Å². The van der Waals surface area contributed by atoms with E-state index in [4.69, 9.17) is 11.5 Å².